The van der Waals surface area contributed by atoms with Crippen LogP contribution in [0.3, 0.4) is 0 Å². The third-order valence-corrected chi connectivity index (χ3v) is 9.02. The molecule has 0 amide bonds. The van der Waals surface area contributed by atoms with E-state index in [0.717, 1.165) is 12.8 Å². The fourth-order valence-corrected chi connectivity index (χ4v) is 3.55. The Hall–Kier alpha value is -0.133. The van der Waals surface area contributed by atoms with E-state index in [-0.39, 0.29) is 11.1 Å². The van der Waals surface area contributed by atoms with Crippen molar-refractivity contribution in [2.45, 2.75) is 57.8 Å². The summed E-state index contributed by atoms with van der Waals surface area (Å²) in [6.07, 6.45) is 4.55. The average molecular weight is 402 g/mol. The van der Waals surface area contributed by atoms with Crippen LogP contribution < -0.4 is 0 Å². The third-order valence-electron chi connectivity index (χ3n) is 4.10. The SMILES string of the molecule is CC(C)(C)[Si](C)(C)OC(/C=C\I)CCc1ccccc1. The number of halogens is 1. The van der Waals surface area contributed by atoms with Crippen molar-refractivity contribution in [3.63, 3.8) is 0 Å². The molecular weight excluding hydrogens is 375 g/mol. The fraction of sp³-hybridized carbons (Fsp3) is 0.529. The summed E-state index contributed by atoms with van der Waals surface area (Å²) in [5.41, 5.74) is 1.39. The zero-order chi connectivity index (χ0) is 15.2. The van der Waals surface area contributed by atoms with Crippen molar-refractivity contribution >= 4 is 30.9 Å². The van der Waals surface area contributed by atoms with Gasteiger partial charge in [-0.25, -0.2) is 0 Å². The van der Waals surface area contributed by atoms with Crippen LogP contribution in [0.2, 0.25) is 18.1 Å². The first-order valence-electron chi connectivity index (χ1n) is 7.25. The molecule has 0 aliphatic carbocycles. The molecule has 0 aromatic heterocycles. The standard InChI is InChI=1S/C17H27IOSi/c1-17(2,3)20(4,5)19-16(13-14-18)12-11-15-9-7-6-8-10-15/h6-10,13-14,16H,11-12H2,1-5H3/b14-13-. The highest BCUT2D eigenvalue weighted by atomic mass is 127. The molecule has 0 bridgehead atoms. The van der Waals surface area contributed by atoms with Crippen molar-refractivity contribution in [2.24, 2.45) is 0 Å². The van der Waals surface area contributed by atoms with Crippen molar-refractivity contribution in [3.8, 4) is 0 Å². The molecule has 20 heavy (non-hydrogen) atoms. The minimum Gasteiger partial charge on any atom is -0.411 e. The highest BCUT2D eigenvalue weighted by Gasteiger charge is 2.38. The maximum absolute atomic E-state index is 6.51. The van der Waals surface area contributed by atoms with Gasteiger partial charge in [0.2, 0.25) is 0 Å². The number of rotatable bonds is 6. The molecule has 0 N–H and O–H groups in total. The zero-order valence-corrected chi connectivity index (χ0v) is 16.5. The van der Waals surface area contributed by atoms with E-state index in [2.05, 4.69) is 96.9 Å². The first-order chi connectivity index (χ1) is 9.26. The molecule has 1 nitrogen and oxygen atoms in total. The minimum atomic E-state index is -1.70. The maximum atomic E-state index is 6.51. The Morgan fingerprint density at radius 1 is 1.20 bits per heavy atom. The summed E-state index contributed by atoms with van der Waals surface area (Å²) in [4.78, 5) is 0. The van der Waals surface area contributed by atoms with E-state index in [1.54, 1.807) is 0 Å². The van der Waals surface area contributed by atoms with Gasteiger partial charge in [-0.1, -0.05) is 79.8 Å². The highest BCUT2D eigenvalue weighted by molar-refractivity contribution is 14.1. The van der Waals surface area contributed by atoms with Crippen molar-refractivity contribution in [3.05, 3.63) is 46.1 Å². The van der Waals surface area contributed by atoms with Crippen LogP contribution >= 0.6 is 22.6 Å². The van der Waals surface area contributed by atoms with Gasteiger partial charge in [0.1, 0.15) is 0 Å². The Bertz CT molecular complexity index is 420. The summed E-state index contributed by atoms with van der Waals surface area (Å²) in [5.74, 6) is 0. The first-order valence-corrected chi connectivity index (χ1v) is 11.4. The summed E-state index contributed by atoms with van der Waals surface area (Å²) < 4.78 is 8.60. The average Bonchev–Trinajstić information content (AvgIpc) is 2.36. The van der Waals surface area contributed by atoms with Gasteiger partial charge in [0, 0.05) is 0 Å². The molecule has 0 fully saturated rings. The lowest BCUT2D eigenvalue weighted by Crippen LogP contribution is -2.43. The molecule has 112 valence electrons. The lowest BCUT2D eigenvalue weighted by molar-refractivity contribution is 0.215. The van der Waals surface area contributed by atoms with Crippen molar-refractivity contribution in [1.82, 2.24) is 0 Å². The van der Waals surface area contributed by atoms with E-state index in [4.69, 9.17) is 4.43 Å². The van der Waals surface area contributed by atoms with E-state index in [0.29, 0.717) is 0 Å². The van der Waals surface area contributed by atoms with Crippen LogP contribution in [-0.4, -0.2) is 14.4 Å². The van der Waals surface area contributed by atoms with Gasteiger partial charge in [0.25, 0.3) is 0 Å². The van der Waals surface area contributed by atoms with E-state index < -0.39 is 8.32 Å². The van der Waals surface area contributed by atoms with Gasteiger partial charge in [-0.2, -0.15) is 0 Å². The topological polar surface area (TPSA) is 9.23 Å². The molecule has 0 saturated heterocycles. The second-order valence-electron chi connectivity index (χ2n) is 6.76. The zero-order valence-electron chi connectivity index (χ0n) is 13.3. The minimum absolute atomic E-state index is 0.230. The summed E-state index contributed by atoms with van der Waals surface area (Å²) in [6.45, 7) is 11.5. The van der Waals surface area contributed by atoms with E-state index in [9.17, 15) is 0 Å². The van der Waals surface area contributed by atoms with Crippen molar-refractivity contribution in [1.29, 1.82) is 0 Å². The maximum Gasteiger partial charge on any atom is 0.192 e. The number of hydrogen-bond donors (Lipinski definition) is 0. The lowest BCUT2D eigenvalue weighted by Gasteiger charge is -2.38. The normalized spacial score (nSPS) is 14.7. The summed E-state index contributed by atoms with van der Waals surface area (Å²) in [7, 11) is -1.70. The molecule has 1 unspecified atom stereocenters. The van der Waals surface area contributed by atoms with Crippen LogP contribution in [0.4, 0.5) is 0 Å². The molecule has 0 radical (unpaired) electrons. The second kappa shape index (κ2) is 7.76. The Morgan fingerprint density at radius 2 is 1.80 bits per heavy atom. The Labute approximate surface area is 139 Å². The predicted molar refractivity (Wildman–Crippen MR) is 100.0 cm³/mol. The van der Waals surface area contributed by atoms with Gasteiger partial charge >= 0.3 is 0 Å². The summed E-state index contributed by atoms with van der Waals surface area (Å²) in [6, 6.07) is 10.7. The van der Waals surface area contributed by atoms with Gasteiger partial charge in [0.15, 0.2) is 8.32 Å². The largest absolute Gasteiger partial charge is 0.411 e. The molecule has 0 spiro atoms. The van der Waals surface area contributed by atoms with Gasteiger partial charge in [-0.15, -0.1) is 0 Å². The number of aryl methyl sites for hydroxylation is 1. The predicted octanol–water partition coefficient (Wildman–Crippen LogP) is 5.96. The lowest BCUT2D eigenvalue weighted by atomic mass is 10.1. The van der Waals surface area contributed by atoms with Crippen LogP contribution in [0.1, 0.15) is 32.8 Å². The van der Waals surface area contributed by atoms with Crippen LogP contribution in [0.25, 0.3) is 0 Å². The Morgan fingerprint density at radius 3 is 2.30 bits per heavy atom. The molecular formula is C17H27IOSi. The first kappa shape index (κ1) is 17.9. The number of benzene rings is 1. The van der Waals surface area contributed by atoms with Gasteiger partial charge in [-0.3, -0.25) is 0 Å². The highest BCUT2D eigenvalue weighted by Crippen LogP contribution is 2.37. The molecule has 1 aromatic rings. The Balaban J connectivity index is 2.66. The third kappa shape index (κ3) is 5.70. The van der Waals surface area contributed by atoms with E-state index in [1.807, 2.05) is 0 Å². The molecule has 0 aliphatic heterocycles. The molecule has 0 aliphatic rings. The van der Waals surface area contributed by atoms with Crippen LogP contribution in [0, 0.1) is 0 Å². The molecule has 1 rings (SSSR count). The smallest absolute Gasteiger partial charge is 0.192 e. The van der Waals surface area contributed by atoms with E-state index >= 15 is 0 Å². The molecule has 1 atom stereocenters. The van der Waals surface area contributed by atoms with Crippen molar-refractivity contribution in [2.75, 3.05) is 0 Å². The molecule has 1 aromatic carbocycles. The molecule has 0 saturated carbocycles. The Kier molecular flexibility index (Phi) is 6.95. The number of hydrogen-bond acceptors (Lipinski definition) is 1. The second-order valence-corrected chi connectivity index (χ2v) is 12.2. The quantitative estimate of drug-likeness (QED) is 0.422. The van der Waals surface area contributed by atoms with E-state index in [1.165, 1.54) is 5.56 Å². The molecule has 0 heterocycles. The van der Waals surface area contributed by atoms with Crippen LogP contribution in [-0.2, 0) is 10.8 Å². The molecule has 3 heteroatoms. The fourth-order valence-electron chi connectivity index (χ4n) is 1.78. The van der Waals surface area contributed by atoms with Gasteiger partial charge in [-0.05, 0) is 40.6 Å². The van der Waals surface area contributed by atoms with Gasteiger partial charge < -0.3 is 4.43 Å². The monoisotopic (exact) mass is 402 g/mol. The van der Waals surface area contributed by atoms with Gasteiger partial charge in [0.05, 0.1) is 6.10 Å². The van der Waals surface area contributed by atoms with Crippen LogP contribution in [0.15, 0.2) is 40.5 Å². The summed E-state index contributed by atoms with van der Waals surface area (Å²) >= 11 is 2.28. The summed E-state index contributed by atoms with van der Waals surface area (Å²) in [5, 5.41) is 0.261. The van der Waals surface area contributed by atoms with Crippen molar-refractivity contribution < 1.29 is 4.43 Å². The van der Waals surface area contributed by atoms with Crippen LogP contribution in [0.5, 0.6) is 0 Å².